The van der Waals surface area contributed by atoms with Gasteiger partial charge >= 0.3 is 0 Å². The van der Waals surface area contributed by atoms with Crippen LogP contribution in [0, 0.1) is 17.8 Å². The molecule has 0 fully saturated rings. The second-order valence-electron chi connectivity index (χ2n) is 7.31. The van der Waals surface area contributed by atoms with Crippen molar-refractivity contribution in [3.63, 3.8) is 0 Å². The Kier molecular flexibility index (Phi) is 3.99. The molecule has 0 saturated carbocycles. The first-order valence-electron chi connectivity index (χ1n) is 6.51. The Balaban J connectivity index is 3.04. The van der Waals surface area contributed by atoms with Crippen molar-refractivity contribution in [1.82, 2.24) is 4.98 Å². The number of rotatable bonds is 2. The topological polar surface area (TPSA) is 30.0 Å². The van der Waals surface area contributed by atoms with Crippen LogP contribution in [0.3, 0.4) is 0 Å². The molecule has 1 heterocycles. The quantitative estimate of drug-likeness (QED) is 0.733. The number of hydrogen-bond donors (Lipinski definition) is 0. The lowest BCUT2D eigenvalue weighted by atomic mass is 9.85. The fourth-order valence-electron chi connectivity index (χ4n) is 1.85. The lowest BCUT2D eigenvalue weighted by Crippen LogP contribution is -2.22. The molecular weight excluding hydrogens is 222 g/mol. The zero-order chi connectivity index (χ0) is 14.1. The Morgan fingerprint density at radius 3 is 2.11 bits per heavy atom. The predicted molar refractivity (Wildman–Crippen MR) is 75.9 cm³/mol. The minimum absolute atomic E-state index is 0.105. The van der Waals surface area contributed by atoms with Crippen LogP contribution in [-0.4, -0.2) is 10.8 Å². The van der Waals surface area contributed by atoms with Gasteiger partial charge in [-0.25, -0.2) is 0 Å². The van der Waals surface area contributed by atoms with Gasteiger partial charge in [-0.05, 0) is 36.0 Å². The molecule has 0 aliphatic heterocycles. The standard InChI is InChI=1S/C16H25NO/c1-11-8-13(14(18)16(5,6)7)17-10-12(11)9-15(2,3)4/h8,10H,9H2,1-7H3. The van der Waals surface area contributed by atoms with Crippen molar-refractivity contribution in [3.05, 3.63) is 29.1 Å². The number of aryl methyl sites for hydroxylation is 1. The summed E-state index contributed by atoms with van der Waals surface area (Å²) in [7, 11) is 0. The summed E-state index contributed by atoms with van der Waals surface area (Å²) in [4.78, 5) is 16.5. The van der Waals surface area contributed by atoms with Crippen LogP contribution in [0.1, 0.15) is 63.2 Å². The normalized spacial score (nSPS) is 12.6. The highest BCUT2D eigenvalue weighted by atomic mass is 16.1. The number of carbonyl (C=O) groups is 1. The van der Waals surface area contributed by atoms with E-state index in [1.54, 1.807) is 0 Å². The third kappa shape index (κ3) is 3.94. The van der Waals surface area contributed by atoms with Crippen molar-refractivity contribution >= 4 is 5.78 Å². The van der Waals surface area contributed by atoms with E-state index >= 15 is 0 Å². The lowest BCUT2D eigenvalue weighted by molar-refractivity contribution is 0.0853. The van der Waals surface area contributed by atoms with Gasteiger partial charge in [0.05, 0.1) is 0 Å². The van der Waals surface area contributed by atoms with Gasteiger partial charge in [0.15, 0.2) is 5.78 Å². The van der Waals surface area contributed by atoms with Gasteiger partial charge < -0.3 is 0 Å². The van der Waals surface area contributed by atoms with Crippen molar-refractivity contribution in [2.24, 2.45) is 10.8 Å². The summed E-state index contributed by atoms with van der Waals surface area (Å²) in [5.74, 6) is 0.105. The summed E-state index contributed by atoms with van der Waals surface area (Å²) in [6, 6.07) is 1.93. The van der Waals surface area contributed by atoms with Crippen molar-refractivity contribution in [1.29, 1.82) is 0 Å². The molecule has 0 bridgehead atoms. The van der Waals surface area contributed by atoms with Crippen LogP contribution in [0.15, 0.2) is 12.3 Å². The van der Waals surface area contributed by atoms with Crippen LogP contribution in [0.4, 0.5) is 0 Å². The van der Waals surface area contributed by atoms with Crippen LogP contribution >= 0.6 is 0 Å². The van der Waals surface area contributed by atoms with Crippen LogP contribution in [-0.2, 0) is 6.42 Å². The molecule has 2 nitrogen and oxygen atoms in total. The van der Waals surface area contributed by atoms with E-state index in [1.165, 1.54) is 5.56 Å². The Morgan fingerprint density at radius 1 is 1.17 bits per heavy atom. The first-order chi connectivity index (χ1) is 8.00. The average molecular weight is 247 g/mol. The van der Waals surface area contributed by atoms with Crippen LogP contribution in [0.25, 0.3) is 0 Å². The molecule has 18 heavy (non-hydrogen) atoms. The Bertz CT molecular complexity index is 447. The molecule has 2 heteroatoms. The second-order valence-corrected chi connectivity index (χ2v) is 7.31. The predicted octanol–water partition coefficient (Wildman–Crippen LogP) is 4.21. The van der Waals surface area contributed by atoms with Gasteiger partial charge in [0, 0.05) is 11.6 Å². The molecule has 100 valence electrons. The number of carbonyl (C=O) groups excluding carboxylic acids is 1. The van der Waals surface area contributed by atoms with E-state index in [0.717, 1.165) is 12.0 Å². The summed E-state index contributed by atoms with van der Waals surface area (Å²) in [6.07, 6.45) is 2.84. The van der Waals surface area contributed by atoms with E-state index in [-0.39, 0.29) is 16.6 Å². The highest BCUT2D eigenvalue weighted by Crippen LogP contribution is 2.24. The van der Waals surface area contributed by atoms with Crippen molar-refractivity contribution < 1.29 is 4.79 Å². The molecule has 0 amide bonds. The van der Waals surface area contributed by atoms with E-state index in [2.05, 4.69) is 32.7 Å². The largest absolute Gasteiger partial charge is 0.292 e. The van der Waals surface area contributed by atoms with Crippen molar-refractivity contribution in [2.75, 3.05) is 0 Å². The molecular formula is C16H25NO. The van der Waals surface area contributed by atoms with Gasteiger partial charge in [-0.15, -0.1) is 0 Å². The second kappa shape index (κ2) is 4.83. The molecule has 1 aromatic rings. The van der Waals surface area contributed by atoms with E-state index in [0.29, 0.717) is 5.69 Å². The fourth-order valence-corrected chi connectivity index (χ4v) is 1.85. The third-order valence-corrected chi connectivity index (χ3v) is 2.85. The zero-order valence-corrected chi connectivity index (χ0v) is 12.7. The van der Waals surface area contributed by atoms with E-state index in [4.69, 9.17) is 0 Å². The van der Waals surface area contributed by atoms with E-state index < -0.39 is 0 Å². The maximum atomic E-state index is 12.2. The Hall–Kier alpha value is -1.18. The molecule has 0 saturated heterocycles. The SMILES string of the molecule is Cc1cc(C(=O)C(C)(C)C)ncc1CC(C)(C)C. The fraction of sp³-hybridized carbons (Fsp3) is 0.625. The summed E-state index contributed by atoms with van der Waals surface area (Å²) >= 11 is 0. The molecule has 0 atom stereocenters. The summed E-state index contributed by atoms with van der Waals surface area (Å²) in [5.41, 5.74) is 2.84. The van der Waals surface area contributed by atoms with E-state index in [9.17, 15) is 4.79 Å². The molecule has 0 aliphatic rings. The van der Waals surface area contributed by atoms with Crippen LogP contribution in [0.2, 0.25) is 0 Å². The Morgan fingerprint density at radius 2 is 1.72 bits per heavy atom. The number of ketones is 1. The maximum absolute atomic E-state index is 12.2. The number of aromatic nitrogens is 1. The Labute approximate surface area is 111 Å². The van der Waals surface area contributed by atoms with Crippen LogP contribution < -0.4 is 0 Å². The van der Waals surface area contributed by atoms with Gasteiger partial charge in [-0.1, -0.05) is 41.5 Å². The number of Topliss-reactive ketones (excluding diaryl/α,β-unsaturated/α-hetero) is 1. The maximum Gasteiger partial charge on any atom is 0.186 e. The molecule has 0 spiro atoms. The van der Waals surface area contributed by atoms with Gasteiger partial charge in [-0.3, -0.25) is 9.78 Å². The average Bonchev–Trinajstić information content (AvgIpc) is 2.16. The van der Waals surface area contributed by atoms with E-state index in [1.807, 2.05) is 33.0 Å². The molecule has 1 aromatic heterocycles. The third-order valence-electron chi connectivity index (χ3n) is 2.85. The van der Waals surface area contributed by atoms with Crippen LogP contribution in [0.5, 0.6) is 0 Å². The highest BCUT2D eigenvalue weighted by molar-refractivity contribution is 5.98. The van der Waals surface area contributed by atoms with Crippen molar-refractivity contribution in [3.8, 4) is 0 Å². The monoisotopic (exact) mass is 247 g/mol. The first-order valence-corrected chi connectivity index (χ1v) is 6.51. The number of nitrogens with zero attached hydrogens (tertiary/aromatic N) is 1. The lowest BCUT2D eigenvalue weighted by Gasteiger charge is -2.20. The molecule has 0 aliphatic carbocycles. The van der Waals surface area contributed by atoms with Crippen molar-refractivity contribution in [2.45, 2.75) is 54.9 Å². The molecule has 0 unspecified atom stereocenters. The summed E-state index contributed by atoms with van der Waals surface area (Å²) in [6.45, 7) is 14.5. The highest BCUT2D eigenvalue weighted by Gasteiger charge is 2.24. The molecule has 0 aromatic carbocycles. The minimum Gasteiger partial charge on any atom is -0.292 e. The zero-order valence-electron chi connectivity index (χ0n) is 12.7. The number of pyridine rings is 1. The minimum atomic E-state index is -0.370. The van der Waals surface area contributed by atoms with Gasteiger partial charge in [-0.2, -0.15) is 0 Å². The molecule has 0 N–H and O–H groups in total. The number of hydrogen-bond acceptors (Lipinski definition) is 2. The summed E-state index contributed by atoms with van der Waals surface area (Å²) in [5, 5.41) is 0. The molecule has 0 radical (unpaired) electrons. The molecule has 1 rings (SSSR count). The first kappa shape index (κ1) is 14.9. The van der Waals surface area contributed by atoms with Gasteiger partial charge in [0.2, 0.25) is 0 Å². The smallest absolute Gasteiger partial charge is 0.186 e. The van der Waals surface area contributed by atoms with Gasteiger partial charge in [0.1, 0.15) is 5.69 Å². The van der Waals surface area contributed by atoms with Gasteiger partial charge in [0.25, 0.3) is 0 Å². The summed E-state index contributed by atoms with van der Waals surface area (Å²) < 4.78 is 0.